The molecule has 2 aromatic carbocycles. The normalized spacial score (nSPS) is 16.7. The first kappa shape index (κ1) is 18.6. The summed E-state index contributed by atoms with van der Waals surface area (Å²) < 4.78 is 0. The van der Waals surface area contributed by atoms with Crippen molar-refractivity contribution in [3.05, 3.63) is 71.8 Å². The van der Waals surface area contributed by atoms with Crippen LogP contribution in [-0.4, -0.2) is 37.0 Å². The zero-order valence-corrected chi connectivity index (χ0v) is 15.4. The van der Waals surface area contributed by atoms with Gasteiger partial charge in [0, 0.05) is 32.7 Å². The average molecular weight is 351 g/mol. The Morgan fingerprint density at radius 3 is 2.15 bits per heavy atom. The molecule has 1 unspecified atom stereocenters. The van der Waals surface area contributed by atoms with Crippen molar-refractivity contribution in [3.8, 4) is 0 Å². The molecule has 1 atom stereocenters. The number of carbonyl (C=O) groups excluding carboxylic acids is 1. The Hall–Kier alpha value is -2.17. The summed E-state index contributed by atoms with van der Waals surface area (Å²) in [6.07, 6.45) is 1.92. The molecule has 1 saturated heterocycles. The van der Waals surface area contributed by atoms with Gasteiger partial charge in [-0.3, -0.25) is 9.69 Å². The van der Waals surface area contributed by atoms with Gasteiger partial charge in [-0.25, -0.2) is 0 Å². The smallest absolute Gasteiger partial charge is 0.224 e. The molecule has 26 heavy (non-hydrogen) atoms. The third kappa shape index (κ3) is 5.97. The highest BCUT2D eigenvalue weighted by Gasteiger charge is 2.21. The van der Waals surface area contributed by atoms with Crippen LogP contribution in [0.1, 0.15) is 24.0 Å². The second-order valence-corrected chi connectivity index (χ2v) is 7.02. The number of rotatable bonds is 9. The van der Waals surface area contributed by atoms with E-state index in [2.05, 4.69) is 76.2 Å². The van der Waals surface area contributed by atoms with Crippen molar-refractivity contribution in [2.45, 2.75) is 25.9 Å². The average Bonchev–Trinajstić information content (AvgIpc) is 3.21. The minimum atomic E-state index is 0.153. The molecule has 2 N–H and O–H groups in total. The maximum Gasteiger partial charge on any atom is 0.224 e. The first-order valence-electron chi connectivity index (χ1n) is 9.60. The standard InChI is InChI=1S/C22H29N3O/c26-22(21-12-14-23-16-21)24-13-7-15-25(17-19-8-3-1-4-9-19)18-20-10-5-2-6-11-20/h1-6,8-11,21,23H,7,12-18H2,(H,24,26). The van der Waals surface area contributed by atoms with Crippen molar-refractivity contribution >= 4 is 5.91 Å². The van der Waals surface area contributed by atoms with Crippen molar-refractivity contribution < 1.29 is 4.79 Å². The van der Waals surface area contributed by atoms with Gasteiger partial charge in [-0.15, -0.1) is 0 Å². The van der Waals surface area contributed by atoms with E-state index in [1.165, 1.54) is 11.1 Å². The van der Waals surface area contributed by atoms with Crippen LogP contribution in [-0.2, 0) is 17.9 Å². The quantitative estimate of drug-likeness (QED) is 0.683. The van der Waals surface area contributed by atoms with Gasteiger partial charge in [0.15, 0.2) is 0 Å². The number of nitrogens with zero attached hydrogens (tertiary/aromatic N) is 1. The van der Waals surface area contributed by atoms with Gasteiger partial charge >= 0.3 is 0 Å². The van der Waals surface area contributed by atoms with Gasteiger partial charge in [0.1, 0.15) is 0 Å². The van der Waals surface area contributed by atoms with Gasteiger partial charge in [0.2, 0.25) is 5.91 Å². The van der Waals surface area contributed by atoms with Crippen LogP contribution in [0.25, 0.3) is 0 Å². The van der Waals surface area contributed by atoms with Crippen molar-refractivity contribution in [2.75, 3.05) is 26.2 Å². The van der Waals surface area contributed by atoms with Crippen LogP contribution in [0.5, 0.6) is 0 Å². The number of carbonyl (C=O) groups is 1. The molecule has 138 valence electrons. The maximum absolute atomic E-state index is 12.1. The van der Waals surface area contributed by atoms with Gasteiger partial charge in [-0.2, -0.15) is 0 Å². The lowest BCUT2D eigenvalue weighted by atomic mass is 10.1. The van der Waals surface area contributed by atoms with Crippen LogP contribution in [0.2, 0.25) is 0 Å². The largest absolute Gasteiger partial charge is 0.356 e. The molecule has 0 radical (unpaired) electrons. The molecule has 0 saturated carbocycles. The van der Waals surface area contributed by atoms with Crippen molar-refractivity contribution in [3.63, 3.8) is 0 Å². The molecule has 1 heterocycles. The fourth-order valence-corrected chi connectivity index (χ4v) is 3.43. The second-order valence-electron chi connectivity index (χ2n) is 7.02. The maximum atomic E-state index is 12.1. The Labute approximate surface area is 156 Å². The molecule has 1 fully saturated rings. The summed E-state index contributed by atoms with van der Waals surface area (Å²) in [4.78, 5) is 14.6. The predicted octanol–water partition coefficient (Wildman–Crippen LogP) is 2.80. The molecule has 1 aliphatic rings. The third-order valence-electron chi connectivity index (χ3n) is 4.88. The van der Waals surface area contributed by atoms with E-state index in [4.69, 9.17) is 0 Å². The van der Waals surface area contributed by atoms with E-state index >= 15 is 0 Å². The van der Waals surface area contributed by atoms with Gasteiger partial charge in [-0.1, -0.05) is 60.7 Å². The summed E-state index contributed by atoms with van der Waals surface area (Å²) in [5, 5.41) is 6.35. The van der Waals surface area contributed by atoms with E-state index in [0.717, 1.165) is 52.1 Å². The molecule has 3 rings (SSSR count). The van der Waals surface area contributed by atoms with E-state index in [0.29, 0.717) is 0 Å². The van der Waals surface area contributed by atoms with Crippen LogP contribution >= 0.6 is 0 Å². The summed E-state index contributed by atoms with van der Waals surface area (Å²) in [7, 11) is 0. The van der Waals surface area contributed by atoms with Gasteiger partial charge in [0.05, 0.1) is 5.92 Å². The van der Waals surface area contributed by atoms with E-state index < -0.39 is 0 Å². The first-order chi connectivity index (χ1) is 12.8. The minimum absolute atomic E-state index is 0.153. The van der Waals surface area contributed by atoms with Crippen molar-refractivity contribution in [2.24, 2.45) is 5.92 Å². The van der Waals surface area contributed by atoms with E-state index in [9.17, 15) is 4.79 Å². The fraction of sp³-hybridized carbons (Fsp3) is 0.409. The number of amides is 1. The lowest BCUT2D eigenvalue weighted by Gasteiger charge is -2.23. The summed E-state index contributed by atoms with van der Waals surface area (Å²) in [5.74, 6) is 0.354. The van der Waals surface area contributed by atoms with E-state index in [1.54, 1.807) is 0 Å². The minimum Gasteiger partial charge on any atom is -0.356 e. The third-order valence-corrected chi connectivity index (χ3v) is 4.88. The Morgan fingerprint density at radius 2 is 1.62 bits per heavy atom. The van der Waals surface area contributed by atoms with Gasteiger partial charge in [-0.05, 0) is 30.5 Å². The SMILES string of the molecule is O=C(NCCCN(Cc1ccccc1)Cc1ccccc1)C1CCNC1. The number of benzene rings is 2. The summed E-state index contributed by atoms with van der Waals surface area (Å²) in [6.45, 7) is 5.34. The molecule has 0 aromatic heterocycles. The van der Waals surface area contributed by atoms with Crippen LogP contribution in [0.3, 0.4) is 0 Å². The molecule has 4 heteroatoms. The van der Waals surface area contributed by atoms with Crippen molar-refractivity contribution in [1.29, 1.82) is 0 Å². The Morgan fingerprint density at radius 1 is 1.00 bits per heavy atom. The van der Waals surface area contributed by atoms with Crippen molar-refractivity contribution in [1.82, 2.24) is 15.5 Å². The first-order valence-corrected chi connectivity index (χ1v) is 9.60. The number of hydrogen-bond donors (Lipinski definition) is 2. The summed E-state index contributed by atoms with van der Waals surface area (Å²) in [6, 6.07) is 21.2. The highest BCUT2D eigenvalue weighted by molar-refractivity contribution is 5.79. The molecule has 1 amide bonds. The van der Waals surface area contributed by atoms with Crippen LogP contribution < -0.4 is 10.6 Å². The zero-order chi connectivity index (χ0) is 18.0. The fourth-order valence-electron chi connectivity index (χ4n) is 3.43. The molecular weight excluding hydrogens is 322 g/mol. The van der Waals surface area contributed by atoms with Crippen LogP contribution in [0.15, 0.2) is 60.7 Å². The Bertz CT molecular complexity index is 612. The zero-order valence-electron chi connectivity index (χ0n) is 15.4. The molecule has 1 aliphatic heterocycles. The Balaban J connectivity index is 1.49. The monoisotopic (exact) mass is 351 g/mol. The molecule has 4 nitrogen and oxygen atoms in total. The highest BCUT2D eigenvalue weighted by atomic mass is 16.1. The highest BCUT2D eigenvalue weighted by Crippen LogP contribution is 2.11. The predicted molar refractivity (Wildman–Crippen MR) is 106 cm³/mol. The van der Waals surface area contributed by atoms with Gasteiger partial charge in [0.25, 0.3) is 0 Å². The molecule has 2 aromatic rings. The number of nitrogens with one attached hydrogen (secondary N) is 2. The lowest BCUT2D eigenvalue weighted by Crippen LogP contribution is -2.34. The summed E-state index contributed by atoms with van der Waals surface area (Å²) in [5.41, 5.74) is 2.65. The number of hydrogen-bond acceptors (Lipinski definition) is 3. The topological polar surface area (TPSA) is 44.4 Å². The molecule has 0 aliphatic carbocycles. The molecule has 0 spiro atoms. The second kappa shape index (κ2) is 10.1. The van der Waals surface area contributed by atoms with E-state index in [-0.39, 0.29) is 11.8 Å². The molecular formula is C22H29N3O. The van der Waals surface area contributed by atoms with E-state index in [1.807, 2.05) is 0 Å². The van der Waals surface area contributed by atoms with Crippen LogP contribution in [0.4, 0.5) is 0 Å². The van der Waals surface area contributed by atoms with Gasteiger partial charge < -0.3 is 10.6 Å². The van der Waals surface area contributed by atoms with Crippen LogP contribution in [0, 0.1) is 5.92 Å². The Kier molecular flexibility index (Phi) is 7.23. The molecule has 0 bridgehead atoms. The lowest BCUT2D eigenvalue weighted by molar-refractivity contribution is -0.124. The summed E-state index contributed by atoms with van der Waals surface area (Å²) >= 11 is 0.